The quantitative estimate of drug-likeness (QED) is 0.824. The lowest BCUT2D eigenvalue weighted by Gasteiger charge is -2.32. The van der Waals surface area contributed by atoms with Crippen LogP contribution in [0.3, 0.4) is 0 Å². The van der Waals surface area contributed by atoms with Gasteiger partial charge < -0.3 is 15.1 Å². The molecule has 0 aromatic carbocycles. The van der Waals surface area contributed by atoms with Crippen molar-refractivity contribution in [1.82, 2.24) is 15.1 Å². The zero-order valence-electron chi connectivity index (χ0n) is 13.0. The normalized spacial score (nSPS) is 30.5. The van der Waals surface area contributed by atoms with E-state index in [1.54, 1.807) is 0 Å². The maximum Gasteiger partial charge on any atom is 0.0105 e. The van der Waals surface area contributed by atoms with E-state index in [1.807, 2.05) is 0 Å². The molecule has 0 aromatic heterocycles. The van der Waals surface area contributed by atoms with Crippen LogP contribution in [0.1, 0.15) is 45.4 Å². The van der Waals surface area contributed by atoms with Crippen LogP contribution >= 0.6 is 0 Å². The van der Waals surface area contributed by atoms with Gasteiger partial charge in [-0.1, -0.05) is 6.92 Å². The topological polar surface area (TPSA) is 18.5 Å². The van der Waals surface area contributed by atoms with Gasteiger partial charge in [-0.3, -0.25) is 0 Å². The Bertz CT molecular complexity index is 238. The molecule has 0 bridgehead atoms. The van der Waals surface area contributed by atoms with Crippen LogP contribution in [0, 0.1) is 5.92 Å². The van der Waals surface area contributed by atoms with Gasteiger partial charge in [0.05, 0.1) is 0 Å². The Morgan fingerprint density at radius 3 is 2.79 bits per heavy atom. The standard InChI is InChI=1S/C16H33N3/c1-3-10-19-11-5-7-16(8-12-19)18(2)14-15-6-4-9-17-13-15/h15-17H,3-14H2,1-2H3. The summed E-state index contributed by atoms with van der Waals surface area (Å²) in [6, 6.07) is 0.823. The molecule has 2 aliphatic heterocycles. The lowest BCUT2D eigenvalue weighted by atomic mass is 9.97. The van der Waals surface area contributed by atoms with Crippen molar-refractivity contribution in [3.63, 3.8) is 0 Å². The van der Waals surface area contributed by atoms with E-state index < -0.39 is 0 Å². The van der Waals surface area contributed by atoms with Crippen molar-refractivity contribution in [2.45, 2.75) is 51.5 Å². The van der Waals surface area contributed by atoms with Crippen molar-refractivity contribution < 1.29 is 0 Å². The number of likely N-dealkylation sites (tertiary alicyclic amines) is 1. The molecule has 2 saturated heterocycles. The first-order chi connectivity index (χ1) is 9.29. The highest BCUT2D eigenvalue weighted by Gasteiger charge is 2.22. The second kappa shape index (κ2) is 8.23. The van der Waals surface area contributed by atoms with E-state index in [9.17, 15) is 0 Å². The fraction of sp³-hybridized carbons (Fsp3) is 1.00. The molecule has 2 rings (SSSR count). The molecule has 2 unspecified atom stereocenters. The Kier molecular flexibility index (Phi) is 6.62. The largest absolute Gasteiger partial charge is 0.316 e. The molecule has 2 fully saturated rings. The van der Waals surface area contributed by atoms with Crippen LogP contribution in [0.2, 0.25) is 0 Å². The number of hydrogen-bond donors (Lipinski definition) is 1. The Labute approximate surface area is 119 Å². The summed E-state index contributed by atoms with van der Waals surface area (Å²) < 4.78 is 0. The van der Waals surface area contributed by atoms with Gasteiger partial charge in [-0.05, 0) is 84.2 Å². The Morgan fingerprint density at radius 1 is 1.16 bits per heavy atom. The third-order valence-corrected chi connectivity index (χ3v) is 4.90. The molecule has 3 nitrogen and oxygen atoms in total. The van der Waals surface area contributed by atoms with Gasteiger partial charge in [-0.15, -0.1) is 0 Å². The van der Waals surface area contributed by atoms with Gasteiger partial charge in [0.25, 0.3) is 0 Å². The molecular weight excluding hydrogens is 234 g/mol. The Balaban J connectivity index is 1.73. The van der Waals surface area contributed by atoms with Crippen LogP contribution in [0.25, 0.3) is 0 Å². The second-order valence-electron chi connectivity index (χ2n) is 6.58. The Morgan fingerprint density at radius 2 is 2.05 bits per heavy atom. The SMILES string of the molecule is CCCN1CCCC(N(C)CC2CCCNC2)CC1. The summed E-state index contributed by atoms with van der Waals surface area (Å²) >= 11 is 0. The molecule has 112 valence electrons. The van der Waals surface area contributed by atoms with Gasteiger partial charge in [-0.2, -0.15) is 0 Å². The van der Waals surface area contributed by atoms with E-state index in [0.717, 1.165) is 12.0 Å². The zero-order valence-corrected chi connectivity index (χ0v) is 13.0. The average Bonchev–Trinajstić information content (AvgIpc) is 2.66. The van der Waals surface area contributed by atoms with Gasteiger partial charge in [-0.25, -0.2) is 0 Å². The third-order valence-electron chi connectivity index (χ3n) is 4.90. The van der Waals surface area contributed by atoms with Crippen LogP contribution in [-0.2, 0) is 0 Å². The number of hydrogen-bond acceptors (Lipinski definition) is 3. The highest BCUT2D eigenvalue weighted by Crippen LogP contribution is 2.19. The minimum atomic E-state index is 0.823. The molecule has 0 aliphatic carbocycles. The molecule has 3 heteroatoms. The summed E-state index contributed by atoms with van der Waals surface area (Å²) in [5.74, 6) is 0.883. The Hall–Kier alpha value is -0.120. The summed E-state index contributed by atoms with van der Waals surface area (Å²) in [6.07, 6.45) is 8.25. The highest BCUT2D eigenvalue weighted by molar-refractivity contribution is 4.79. The van der Waals surface area contributed by atoms with E-state index in [4.69, 9.17) is 0 Å². The summed E-state index contributed by atoms with van der Waals surface area (Å²) in [5.41, 5.74) is 0. The molecule has 0 aromatic rings. The van der Waals surface area contributed by atoms with Crippen LogP contribution in [0.15, 0.2) is 0 Å². The van der Waals surface area contributed by atoms with E-state index >= 15 is 0 Å². The van der Waals surface area contributed by atoms with E-state index in [2.05, 4.69) is 29.1 Å². The molecule has 0 spiro atoms. The monoisotopic (exact) mass is 267 g/mol. The fourth-order valence-electron chi connectivity index (χ4n) is 3.76. The smallest absolute Gasteiger partial charge is 0.0105 e. The number of piperidine rings is 1. The molecule has 19 heavy (non-hydrogen) atoms. The van der Waals surface area contributed by atoms with Gasteiger partial charge in [0.15, 0.2) is 0 Å². The highest BCUT2D eigenvalue weighted by atomic mass is 15.2. The lowest BCUT2D eigenvalue weighted by molar-refractivity contribution is 0.172. The predicted octanol–water partition coefficient (Wildman–Crippen LogP) is 2.18. The number of nitrogens with zero attached hydrogens (tertiary/aromatic N) is 2. The molecular formula is C16H33N3. The average molecular weight is 267 g/mol. The van der Waals surface area contributed by atoms with Crippen molar-refractivity contribution in [3.05, 3.63) is 0 Å². The lowest BCUT2D eigenvalue weighted by Crippen LogP contribution is -2.41. The summed E-state index contributed by atoms with van der Waals surface area (Å²) in [4.78, 5) is 5.32. The second-order valence-corrected chi connectivity index (χ2v) is 6.58. The van der Waals surface area contributed by atoms with Gasteiger partial charge >= 0.3 is 0 Å². The van der Waals surface area contributed by atoms with Crippen molar-refractivity contribution in [2.24, 2.45) is 5.92 Å². The van der Waals surface area contributed by atoms with Gasteiger partial charge in [0, 0.05) is 12.6 Å². The first-order valence-corrected chi connectivity index (χ1v) is 8.43. The van der Waals surface area contributed by atoms with E-state index in [1.165, 1.54) is 77.8 Å². The molecule has 2 aliphatic rings. The van der Waals surface area contributed by atoms with Gasteiger partial charge in [0.2, 0.25) is 0 Å². The van der Waals surface area contributed by atoms with Crippen LogP contribution in [-0.4, -0.2) is 62.2 Å². The minimum Gasteiger partial charge on any atom is -0.316 e. The van der Waals surface area contributed by atoms with Crippen LogP contribution in [0.5, 0.6) is 0 Å². The number of rotatable bonds is 5. The molecule has 2 heterocycles. The first-order valence-electron chi connectivity index (χ1n) is 8.43. The van der Waals surface area contributed by atoms with Crippen molar-refractivity contribution in [3.8, 4) is 0 Å². The molecule has 2 atom stereocenters. The maximum atomic E-state index is 3.54. The minimum absolute atomic E-state index is 0.823. The molecule has 0 radical (unpaired) electrons. The van der Waals surface area contributed by atoms with Crippen molar-refractivity contribution in [1.29, 1.82) is 0 Å². The summed E-state index contributed by atoms with van der Waals surface area (Å²) in [7, 11) is 2.36. The van der Waals surface area contributed by atoms with E-state index in [-0.39, 0.29) is 0 Å². The summed E-state index contributed by atoms with van der Waals surface area (Å²) in [6.45, 7) is 9.99. The fourth-order valence-corrected chi connectivity index (χ4v) is 3.76. The van der Waals surface area contributed by atoms with Crippen molar-refractivity contribution in [2.75, 3.05) is 46.3 Å². The third kappa shape index (κ3) is 5.05. The molecule has 1 N–H and O–H groups in total. The van der Waals surface area contributed by atoms with Crippen molar-refractivity contribution >= 4 is 0 Å². The van der Waals surface area contributed by atoms with Crippen LogP contribution < -0.4 is 5.32 Å². The maximum absolute atomic E-state index is 3.54. The zero-order chi connectivity index (χ0) is 13.5. The summed E-state index contributed by atoms with van der Waals surface area (Å²) in [5, 5.41) is 3.54. The number of nitrogens with one attached hydrogen (secondary N) is 1. The predicted molar refractivity (Wildman–Crippen MR) is 82.6 cm³/mol. The molecule has 0 amide bonds. The first kappa shape index (κ1) is 15.3. The van der Waals surface area contributed by atoms with Gasteiger partial charge in [0.1, 0.15) is 0 Å². The van der Waals surface area contributed by atoms with E-state index in [0.29, 0.717) is 0 Å². The van der Waals surface area contributed by atoms with Crippen LogP contribution in [0.4, 0.5) is 0 Å². The molecule has 0 saturated carbocycles.